The molecule has 0 radical (unpaired) electrons. The van der Waals surface area contributed by atoms with Crippen LogP contribution in [0.15, 0.2) is 0 Å². The molecule has 2 unspecified atom stereocenters. The second-order valence-corrected chi connectivity index (χ2v) is 8.32. The van der Waals surface area contributed by atoms with E-state index in [9.17, 15) is 9.59 Å². The zero-order chi connectivity index (χ0) is 22.2. The Morgan fingerprint density at radius 1 is 0.700 bits per heavy atom. The van der Waals surface area contributed by atoms with Gasteiger partial charge >= 0.3 is 11.9 Å². The van der Waals surface area contributed by atoms with Crippen molar-refractivity contribution in [3.05, 3.63) is 0 Å². The molecule has 176 valence electrons. The Morgan fingerprint density at radius 2 is 1.07 bits per heavy atom. The Kier molecular flexibility index (Phi) is 14.8. The molecule has 6 heteroatoms. The molecule has 1 saturated carbocycles. The van der Waals surface area contributed by atoms with E-state index in [1.807, 2.05) is 13.8 Å². The van der Waals surface area contributed by atoms with Gasteiger partial charge in [0.2, 0.25) is 0 Å². The van der Waals surface area contributed by atoms with E-state index in [0.717, 1.165) is 64.2 Å². The van der Waals surface area contributed by atoms with Gasteiger partial charge in [-0.25, -0.2) is 9.59 Å². The largest absolute Gasteiger partial charge is 0.463 e. The average Bonchev–Trinajstić information content (AvgIpc) is 2.76. The topological polar surface area (TPSA) is 71.1 Å². The Bertz CT molecular complexity index is 417. The lowest BCUT2D eigenvalue weighted by atomic mass is 9.83. The molecule has 1 fully saturated rings. The van der Waals surface area contributed by atoms with E-state index in [2.05, 4.69) is 13.8 Å². The second-order valence-electron chi connectivity index (χ2n) is 8.32. The summed E-state index contributed by atoms with van der Waals surface area (Å²) in [5, 5.41) is 0. The highest BCUT2D eigenvalue weighted by molar-refractivity contribution is 5.75. The molecule has 0 amide bonds. The molecule has 0 bridgehead atoms. The number of hydrogen-bond acceptors (Lipinski definition) is 6. The molecule has 0 aromatic rings. The summed E-state index contributed by atoms with van der Waals surface area (Å²) in [6, 6.07) is 0. The third-order valence-electron chi connectivity index (χ3n) is 5.79. The summed E-state index contributed by atoms with van der Waals surface area (Å²) in [7, 11) is 0. The van der Waals surface area contributed by atoms with Gasteiger partial charge in [0.25, 0.3) is 0 Å². The van der Waals surface area contributed by atoms with Crippen molar-refractivity contribution in [2.75, 3.05) is 26.4 Å². The number of carbonyl (C=O) groups excluding carboxylic acids is 2. The van der Waals surface area contributed by atoms with Crippen molar-refractivity contribution in [2.45, 2.75) is 104 Å². The Hall–Kier alpha value is -1.14. The van der Waals surface area contributed by atoms with Crippen LogP contribution in [-0.2, 0) is 28.5 Å². The summed E-state index contributed by atoms with van der Waals surface area (Å²) in [6.07, 6.45) is 8.56. The molecular formula is C24H44O6. The van der Waals surface area contributed by atoms with Crippen LogP contribution in [-0.4, -0.2) is 50.6 Å². The highest BCUT2D eigenvalue weighted by atomic mass is 16.6. The molecular weight excluding hydrogens is 384 g/mol. The predicted molar refractivity (Wildman–Crippen MR) is 117 cm³/mol. The number of rotatable bonds is 16. The normalized spacial score (nSPS) is 21.1. The third-order valence-corrected chi connectivity index (χ3v) is 5.79. The molecule has 0 N–H and O–H groups in total. The van der Waals surface area contributed by atoms with Crippen molar-refractivity contribution < 1.29 is 28.5 Å². The summed E-state index contributed by atoms with van der Waals surface area (Å²) in [4.78, 5) is 24.6. The minimum absolute atomic E-state index is 0.226. The lowest BCUT2D eigenvalue weighted by Crippen LogP contribution is -2.31. The zero-order valence-corrected chi connectivity index (χ0v) is 19.7. The van der Waals surface area contributed by atoms with Crippen molar-refractivity contribution in [1.82, 2.24) is 0 Å². The maximum absolute atomic E-state index is 12.3. The zero-order valence-electron chi connectivity index (χ0n) is 19.7. The van der Waals surface area contributed by atoms with Crippen molar-refractivity contribution in [2.24, 2.45) is 11.8 Å². The fourth-order valence-electron chi connectivity index (χ4n) is 3.87. The van der Waals surface area contributed by atoms with Gasteiger partial charge in [-0.3, -0.25) is 0 Å². The predicted octanol–water partition coefficient (Wildman–Crippen LogP) is 5.07. The van der Waals surface area contributed by atoms with Crippen LogP contribution in [0.4, 0.5) is 0 Å². The van der Waals surface area contributed by atoms with E-state index in [4.69, 9.17) is 18.9 Å². The van der Waals surface area contributed by atoms with Crippen molar-refractivity contribution in [1.29, 1.82) is 0 Å². The molecule has 0 aliphatic heterocycles. The van der Waals surface area contributed by atoms with E-state index in [0.29, 0.717) is 38.3 Å². The van der Waals surface area contributed by atoms with Gasteiger partial charge in [-0.1, -0.05) is 39.5 Å². The number of ether oxygens (including phenoxy) is 4. The first kappa shape index (κ1) is 26.9. The van der Waals surface area contributed by atoms with Crippen molar-refractivity contribution in [3.63, 3.8) is 0 Å². The van der Waals surface area contributed by atoms with Gasteiger partial charge in [0.1, 0.15) is 0 Å². The van der Waals surface area contributed by atoms with Crippen molar-refractivity contribution >= 4 is 11.9 Å². The molecule has 0 heterocycles. The molecule has 1 rings (SSSR count). The summed E-state index contributed by atoms with van der Waals surface area (Å²) in [5.41, 5.74) is 0. The number of unbranched alkanes of at least 4 members (excludes halogenated alkanes) is 2. The lowest BCUT2D eigenvalue weighted by Gasteiger charge is -2.28. The standard InChI is InChI=1S/C24H44O6/c1-5-9-11-21(27-7-3)23(25)29-17-19-13-15-20(16-14-19)18-30-24(26)22(28-8-4)12-10-6-2/h19-22H,5-18H2,1-4H3. The Morgan fingerprint density at radius 3 is 1.37 bits per heavy atom. The van der Waals surface area contributed by atoms with E-state index in [1.165, 1.54) is 0 Å². The number of hydrogen-bond donors (Lipinski definition) is 0. The SMILES string of the molecule is CCCCC(OCC)C(=O)OCC1CCC(COC(=O)C(CCCC)OCC)CC1. The first-order valence-corrected chi connectivity index (χ1v) is 12.1. The average molecular weight is 429 g/mol. The van der Waals surface area contributed by atoms with E-state index >= 15 is 0 Å². The first-order chi connectivity index (χ1) is 14.5. The van der Waals surface area contributed by atoms with Gasteiger partial charge in [-0.15, -0.1) is 0 Å². The highest BCUT2D eigenvalue weighted by Crippen LogP contribution is 2.29. The van der Waals surface area contributed by atoms with Crippen LogP contribution >= 0.6 is 0 Å². The molecule has 2 atom stereocenters. The van der Waals surface area contributed by atoms with Gasteiger partial charge in [0, 0.05) is 13.2 Å². The van der Waals surface area contributed by atoms with Crippen LogP contribution in [0.1, 0.15) is 91.9 Å². The molecule has 1 aliphatic rings. The fourth-order valence-corrected chi connectivity index (χ4v) is 3.87. The molecule has 30 heavy (non-hydrogen) atoms. The van der Waals surface area contributed by atoms with Crippen LogP contribution in [0, 0.1) is 11.8 Å². The monoisotopic (exact) mass is 428 g/mol. The van der Waals surface area contributed by atoms with Crippen LogP contribution in [0.2, 0.25) is 0 Å². The van der Waals surface area contributed by atoms with Gasteiger partial charge < -0.3 is 18.9 Å². The smallest absolute Gasteiger partial charge is 0.335 e. The summed E-state index contributed by atoms with van der Waals surface area (Å²) >= 11 is 0. The van der Waals surface area contributed by atoms with E-state index in [-0.39, 0.29) is 11.9 Å². The van der Waals surface area contributed by atoms with Crippen molar-refractivity contribution in [3.8, 4) is 0 Å². The van der Waals surface area contributed by atoms with Crippen LogP contribution in [0.3, 0.4) is 0 Å². The summed E-state index contributed by atoms with van der Waals surface area (Å²) < 4.78 is 22.2. The first-order valence-electron chi connectivity index (χ1n) is 12.1. The third kappa shape index (κ3) is 10.8. The van der Waals surface area contributed by atoms with Gasteiger partial charge in [0.15, 0.2) is 12.2 Å². The number of carbonyl (C=O) groups is 2. The molecule has 0 spiro atoms. The van der Waals surface area contributed by atoms with Crippen LogP contribution < -0.4 is 0 Å². The van der Waals surface area contributed by atoms with Gasteiger partial charge in [-0.05, 0) is 64.2 Å². The number of esters is 2. The molecule has 0 saturated heterocycles. The summed E-state index contributed by atoms with van der Waals surface area (Å²) in [5.74, 6) is 0.316. The lowest BCUT2D eigenvalue weighted by molar-refractivity contribution is -0.161. The maximum atomic E-state index is 12.3. The van der Waals surface area contributed by atoms with Gasteiger partial charge in [-0.2, -0.15) is 0 Å². The van der Waals surface area contributed by atoms with E-state index < -0.39 is 12.2 Å². The highest BCUT2D eigenvalue weighted by Gasteiger charge is 2.27. The molecule has 0 aromatic carbocycles. The van der Waals surface area contributed by atoms with Gasteiger partial charge in [0.05, 0.1) is 13.2 Å². The Balaban J connectivity index is 2.29. The fraction of sp³-hybridized carbons (Fsp3) is 0.917. The molecule has 1 aliphatic carbocycles. The van der Waals surface area contributed by atoms with Crippen LogP contribution in [0.5, 0.6) is 0 Å². The van der Waals surface area contributed by atoms with Crippen LogP contribution in [0.25, 0.3) is 0 Å². The maximum Gasteiger partial charge on any atom is 0.335 e. The molecule has 6 nitrogen and oxygen atoms in total. The van der Waals surface area contributed by atoms with E-state index in [1.54, 1.807) is 0 Å². The molecule has 0 aromatic heterocycles. The minimum atomic E-state index is -0.434. The minimum Gasteiger partial charge on any atom is -0.463 e. The second kappa shape index (κ2) is 16.5. The quantitative estimate of drug-likeness (QED) is 0.320. The summed E-state index contributed by atoms with van der Waals surface area (Å²) in [6.45, 7) is 9.99. The Labute approximate surface area is 183 Å².